The number of hydrogen-bond donors (Lipinski definition) is 1. The maximum Gasteiger partial charge on any atom is 0.225 e. The van der Waals surface area contributed by atoms with Crippen molar-refractivity contribution in [1.82, 2.24) is 4.90 Å². The molecule has 0 aromatic heterocycles. The number of nitrogens with zero attached hydrogens (tertiary/aromatic N) is 1. The molecule has 1 N–H and O–H groups in total. The Labute approximate surface area is 122 Å². The van der Waals surface area contributed by atoms with Gasteiger partial charge in [0.2, 0.25) is 5.91 Å². The van der Waals surface area contributed by atoms with E-state index in [4.69, 9.17) is 27.9 Å². The molecule has 1 amide bonds. The van der Waals surface area contributed by atoms with Crippen LogP contribution < -0.4 is 4.74 Å². The van der Waals surface area contributed by atoms with Crippen molar-refractivity contribution in [1.29, 1.82) is 0 Å². The highest BCUT2D eigenvalue weighted by Gasteiger charge is 2.12. The molecule has 0 aliphatic heterocycles. The summed E-state index contributed by atoms with van der Waals surface area (Å²) in [5.74, 6) is 0.360. The Morgan fingerprint density at radius 1 is 1.47 bits per heavy atom. The summed E-state index contributed by atoms with van der Waals surface area (Å²) in [6, 6.07) is 5.08. The van der Waals surface area contributed by atoms with E-state index in [-0.39, 0.29) is 18.9 Å². The molecule has 0 spiro atoms. The predicted octanol–water partition coefficient (Wildman–Crippen LogP) is 2.60. The molecule has 1 aromatic carbocycles. The number of carbonyl (C=O) groups excluding carboxylic acids is 1. The molecule has 1 aromatic rings. The van der Waals surface area contributed by atoms with E-state index in [1.165, 1.54) is 4.90 Å². The van der Waals surface area contributed by atoms with Gasteiger partial charge in [0.05, 0.1) is 24.2 Å². The molecule has 0 saturated carbocycles. The van der Waals surface area contributed by atoms with Gasteiger partial charge in [-0.2, -0.15) is 0 Å². The summed E-state index contributed by atoms with van der Waals surface area (Å²) in [6.45, 7) is 2.14. The average Bonchev–Trinajstić information content (AvgIpc) is 2.33. The van der Waals surface area contributed by atoms with Crippen LogP contribution in [0.15, 0.2) is 18.2 Å². The first-order valence-electron chi connectivity index (χ1n) is 5.90. The summed E-state index contributed by atoms with van der Waals surface area (Å²) in [7, 11) is 1.64. The first-order valence-corrected chi connectivity index (χ1v) is 6.66. The number of carbonyl (C=O) groups is 1. The number of halogens is 2. The molecule has 0 bridgehead atoms. The van der Waals surface area contributed by atoms with Gasteiger partial charge in [0.25, 0.3) is 0 Å². The van der Waals surface area contributed by atoms with Crippen molar-refractivity contribution >= 4 is 29.1 Å². The second kappa shape index (κ2) is 7.58. The van der Waals surface area contributed by atoms with Gasteiger partial charge in [0.15, 0.2) is 0 Å². The third kappa shape index (κ3) is 5.27. The molecule has 0 radical (unpaired) electrons. The van der Waals surface area contributed by atoms with E-state index < -0.39 is 6.10 Å². The molecule has 6 heteroatoms. The van der Waals surface area contributed by atoms with E-state index >= 15 is 0 Å². The molecule has 4 nitrogen and oxygen atoms in total. The highest BCUT2D eigenvalue weighted by atomic mass is 35.5. The van der Waals surface area contributed by atoms with Crippen molar-refractivity contribution in [3.8, 4) is 5.75 Å². The van der Waals surface area contributed by atoms with Gasteiger partial charge in [0, 0.05) is 13.6 Å². The standard InChI is InChI=1S/C13H17Cl2NO3/c1-9(17)8-16(2)12(18)6-7-19-11-5-3-4-10(14)13(11)15/h3-5,9,17H,6-8H2,1-2H3/t9-/m0/s1. The monoisotopic (exact) mass is 305 g/mol. The minimum absolute atomic E-state index is 0.0981. The van der Waals surface area contributed by atoms with Gasteiger partial charge in [-0.3, -0.25) is 4.79 Å². The van der Waals surface area contributed by atoms with Gasteiger partial charge in [-0.15, -0.1) is 0 Å². The Bertz CT molecular complexity index is 438. The van der Waals surface area contributed by atoms with Crippen LogP contribution in [0.5, 0.6) is 5.75 Å². The first kappa shape index (κ1) is 16.1. The second-order valence-corrected chi connectivity index (χ2v) is 5.06. The molecule has 0 unspecified atom stereocenters. The second-order valence-electron chi connectivity index (χ2n) is 4.27. The molecular weight excluding hydrogens is 289 g/mol. The lowest BCUT2D eigenvalue weighted by Gasteiger charge is -2.18. The molecule has 1 rings (SSSR count). The first-order chi connectivity index (χ1) is 8.91. The lowest BCUT2D eigenvalue weighted by atomic mass is 10.3. The van der Waals surface area contributed by atoms with Crippen LogP contribution in [0, 0.1) is 0 Å². The van der Waals surface area contributed by atoms with Crippen molar-refractivity contribution < 1.29 is 14.6 Å². The Kier molecular flexibility index (Phi) is 6.42. The molecule has 0 fully saturated rings. The third-order valence-corrected chi connectivity index (χ3v) is 3.26. The number of hydrogen-bond acceptors (Lipinski definition) is 3. The maximum absolute atomic E-state index is 11.7. The fourth-order valence-electron chi connectivity index (χ4n) is 1.53. The van der Waals surface area contributed by atoms with Gasteiger partial charge in [-0.1, -0.05) is 29.3 Å². The summed E-state index contributed by atoms with van der Waals surface area (Å²) in [5.41, 5.74) is 0. The van der Waals surface area contributed by atoms with Crippen LogP contribution in [-0.4, -0.2) is 42.2 Å². The maximum atomic E-state index is 11.7. The number of benzene rings is 1. The third-order valence-electron chi connectivity index (χ3n) is 2.45. The van der Waals surface area contributed by atoms with Crippen molar-refractivity contribution in [2.24, 2.45) is 0 Å². The minimum Gasteiger partial charge on any atom is -0.491 e. The van der Waals surface area contributed by atoms with Crippen molar-refractivity contribution in [3.05, 3.63) is 28.2 Å². The smallest absolute Gasteiger partial charge is 0.225 e. The number of aliphatic hydroxyl groups is 1. The normalized spacial score (nSPS) is 12.1. The summed E-state index contributed by atoms with van der Waals surface area (Å²) in [6.07, 6.45) is -0.330. The zero-order valence-corrected chi connectivity index (χ0v) is 12.4. The van der Waals surface area contributed by atoms with E-state index in [0.717, 1.165) is 0 Å². The quantitative estimate of drug-likeness (QED) is 0.879. The Hall–Kier alpha value is -0.970. The lowest BCUT2D eigenvalue weighted by molar-refractivity contribution is -0.131. The van der Waals surface area contributed by atoms with Crippen LogP contribution in [-0.2, 0) is 4.79 Å². The summed E-state index contributed by atoms with van der Waals surface area (Å²) in [4.78, 5) is 13.2. The Morgan fingerprint density at radius 2 is 2.16 bits per heavy atom. The molecule has 0 heterocycles. The molecule has 106 valence electrons. The number of ether oxygens (including phenoxy) is 1. The number of likely N-dealkylation sites (N-methyl/N-ethyl adjacent to an activating group) is 1. The van der Waals surface area contributed by atoms with E-state index in [1.807, 2.05) is 0 Å². The minimum atomic E-state index is -0.544. The summed E-state index contributed by atoms with van der Waals surface area (Å²) in [5, 5.41) is 9.94. The van der Waals surface area contributed by atoms with E-state index in [0.29, 0.717) is 22.3 Å². The zero-order valence-electron chi connectivity index (χ0n) is 10.9. The van der Waals surface area contributed by atoms with Gasteiger partial charge in [0.1, 0.15) is 10.8 Å². The van der Waals surface area contributed by atoms with Crippen molar-refractivity contribution in [2.75, 3.05) is 20.2 Å². The fraction of sp³-hybridized carbons (Fsp3) is 0.462. The molecule has 1 atom stereocenters. The van der Waals surface area contributed by atoms with Gasteiger partial charge < -0.3 is 14.7 Å². The fourth-order valence-corrected chi connectivity index (χ4v) is 1.88. The van der Waals surface area contributed by atoms with Crippen LogP contribution >= 0.6 is 23.2 Å². The highest BCUT2D eigenvalue weighted by Crippen LogP contribution is 2.31. The number of aliphatic hydroxyl groups excluding tert-OH is 1. The van der Waals surface area contributed by atoms with Crippen LogP contribution in [0.1, 0.15) is 13.3 Å². The predicted molar refractivity (Wildman–Crippen MR) is 75.9 cm³/mol. The molecule has 0 aliphatic rings. The molecule has 0 saturated heterocycles. The Morgan fingerprint density at radius 3 is 2.79 bits per heavy atom. The van der Waals surface area contributed by atoms with Crippen LogP contribution in [0.3, 0.4) is 0 Å². The van der Waals surface area contributed by atoms with Gasteiger partial charge in [-0.25, -0.2) is 0 Å². The summed E-state index contributed by atoms with van der Waals surface area (Å²) >= 11 is 11.8. The van der Waals surface area contributed by atoms with E-state index in [2.05, 4.69) is 0 Å². The van der Waals surface area contributed by atoms with Crippen molar-refractivity contribution in [3.63, 3.8) is 0 Å². The van der Waals surface area contributed by atoms with Gasteiger partial charge >= 0.3 is 0 Å². The zero-order chi connectivity index (χ0) is 14.4. The summed E-state index contributed by atoms with van der Waals surface area (Å²) < 4.78 is 5.42. The number of rotatable bonds is 6. The van der Waals surface area contributed by atoms with Crippen LogP contribution in [0.25, 0.3) is 0 Å². The van der Waals surface area contributed by atoms with Crippen LogP contribution in [0.4, 0.5) is 0 Å². The molecule has 19 heavy (non-hydrogen) atoms. The van der Waals surface area contributed by atoms with E-state index in [9.17, 15) is 9.90 Å². The van der Waals surface area contributed by atoms with Crippen LogP contribution in [0.2, 0.25) is 10.0 Å². The topological polar surface area (TPSA) is 49.8 Å². The van der Waals surface area contributed by atoms with Gasteiger partial charge in [-0.05, 0) is 19.1 Å². The van der Waals surface area contributed by atoms with E-state index in [1.54, 1.807) is 32.2 Å². The lowest BCUT2D eigenvalue weighted by Crippen LogP contribution is -2.33. The molecular formula is C13H17Cl2NO3. The number of amides is 1. The average molecular weight is 306 g/mol. The Balaban J connectivity index is 2.42. The van der Waals surface area contributed by atoms with Crippen molar-refractivity contribution in [2.45, 2.75) is 19.4 Å². The molecule has 0 aliphatic carbocycles. The largest absolute Gasteiger partial charge is 0.491 e. The SMILES string of the molecule is C[C@H](O)CN(C)C(=O)CCOc1cccc(Cl)c1Cl. The highest BCUT2D eigenvalue weighted by molar-refractivity contribution is 6.42.